The van der Waals surface area contributed by atoms with Crippen LogP contribution in [-0.4, -0.2) is 54.7 Å². The van der Waals surface area contributed by atoms with Gasteiger partial charge in [-0.05, 0) is 54.5 Å². The van der Waals surface area contributed by atoms with E-state index >= 15 is 0 Å². The first-order valence-electron chi connectivity index (χ1n) is 12.1. The molecule has 1 aliphatic rings. The summed E-state index contributed by atoms with van der Waals surface area (Å²) in [7, 11) is 0. The lowest BCUT2D eigenvalue weighted by Gasteiger charge is -2.31. The van der Waals surface area contributed by atoms with Gasteiger partial charge in [-0.15, -0.1) is 0 Å². The van der Waals surface area contributed by atoms with Crippen molar-refractivity contribution in [3.05, 3.63) is 71.7 Å². The van der Waals surface area contributed by atoms with Crippen LogP contribution in [0.5, 0.6) is 0 Å². The Bertz CT molecular complexity index is 1110. The van der Waals surface area contributed by atoms with Gasteiger partial charge in [-0.25, -0.2) is 9.18 Å². The Hall–Kier alpha value is -3.39. The maximum absolute atomic E-state index is 12.9. The van der Waals surface area contributed by atoms with Gasteiger partial charge >= 0.3 is 6.09 Å². The molecule has 0 radical (unpaired) electrons. The summed E-state index contributed by atoms with van der Waals surface area (Å²) in [6.07, 6.45) is 5.06. The van der Waals surface area contributed by atoms with Gasteiger partial charge in [0.1, 0.15) is 12.4 Å². The quantitative estimate of drug-likeness (QED) is 0.449. The summed E-state index contributed by atoms with van der Waals surface area (Å²) in [6.45, 7) is 2.52. The highest BCUT2D eigenvalue weighted by molar-refractivity contribution is 5.83. The second-order valence-corrected chi connectivity index (χ2v) is 8.91. The van der Waals surface area contributed by atoms with Crippen molar-refractivity contribution in [1.29, 1.82) is 0 Å². The number of fused-ring (bicyclic) bond motifs is 1. The molecule has 2 heterocycles. The number of benzene rings is 2. The zero-order chi connectivity index (χ0) is 24.5. The van der Waals surface area contributed by atoms with Crippen molar-refractivity contribution in [2.45, 2.75) is 32.3 Å². The monoisotopic (exact) mass is 481 g/mol. The van der Waals surface area contributed by atoms with Crippen molar-refractivity contribution in [2.75, 3.05) is 32.8 Å². The van der Waals surface area contributed by atoms with E-state index in [0.717, 1.165) is 41.3 Å². The molecule has 4 rings (SSSR count). The lowest BCUT2D eigenvalue weighted by atomic mass is 9.94. The Morgan fingerprint density at radius 2 is 1.86 bits per heavy atom. The van der Waals surface area contributed by atoms with E-state index in [1.54, 1.807) is 17.0 Å². The number of aromatic nitrogens is 1. The summed E-state index contributed by atoms with van der Waals surface area (Å²) in [6, 6.07) is 14.1. The summed E-state index contributed by atoms with van der Waals surface area (Å²) in [4.78, 5) is 29.4. The standard InChI is InChI=1S/C27H32FN3O4/c28-23-7-5-21(6-8-23)18-34-19-26(32)29-13-9-20-10-14-31(15-11-20)27(33)35-16-12-22-17-30-25-4-2-1-3-24(22)25/h1-8,17,20,30H,9-16,18-19H2,(H,29,32). The Labute approximate surface area is 204 Å². The van der Waals surface area contributed by atoms with Gasteiger partial charge in [-0.3, -0.25) is 4.79 Å². The molecule has 0 saturated carbocycles. The van der Waals surface area contributed by atoms with Gasteiger partial charge in [0, 0.05) is 43.2 Å². The molecule has 1 saturated heterocycles. The highest BCUT2D eigenvalue weighted by Gasteiger charge is 2.23. The summed E-state index contributed by atoms with van der Waals surface area (Å²) in [5, 5.41) is 4.04. The highest BCUT2D eigenvalue weighted by atomic mass is 19.1. The topological polar surface area (TPSA) is 83.7 Å². The van der Waals surface area contributed by atoms with E-state index in [1.807, 2.05) is 24.4 Å². The minimum Gasteiger partial charge on any atom is -0.449 e. The predicted molar refractivity (Wildman–Crippen MR) is 131 cm³/mol. The van der Waals surface area contributed by atoms with E-state index in [0.29, 0.717) is 38.6 Å². The second-order valence-electron chi connectivity index (χ2n) is 8.91. The van der Waals surface area contributed by atoms with Gasteiger partial charge in [-0.1, -0.05) is 30.3 Å². The molecule has 2 amide bonds. The van der Waals surface area contributed by atoms with Crippen LogP contribution in [0.3, 0.4) is 0 Å². The smallest absolute Gasteiger partial charge is 0.409 e. The van der Waals surface area contributed by atoms with Gasteiger partial charge in [-0.2, -0.15) is 0 Å². The molecule has 0 spiro atoms. The molecule has 0 bridgehead atoms. The zero-order valence-electron chi connectivity index (χ0n) is 19.8. The van der Waals surface area contributed by atoms with E-state index in [2.05, 4.69) is 16.4 Å². The summed E-state index contributed by atoms with van der Waals surface area (Å²) < 4.78 is 23.8. The number of aromatic amines is 1. The Kier molecular flexibility index (Phi) is 8.73. The fourth-order valence-electron chi connectivity index (χ4n) is 4.39. The zero-order valence-corrected chi connectivity index (χ0v) is 19.8. The van der Waals surface area contributed by atoms with Crippen LogP contribution in [0.15, 0.2) is 54.7 Å². The van der Waals surface area contributed by atoms with Crippen LogP contribution >= 0.6 is 0 Å². The first kappa shape index (κ1) is 24.7. The number of hydrogen-bond donors (Lipinski definition) is 2. The van der Waals surface area contributed by atoms with Crippen molar-refractivity contribution in [3.63, 3.8) is 0 Å². The number of carbonyl (C=O) groups is 2. The average Bonchev–Trinajstić information content (AvgIpc) is 3.29. The van der Waals surface area contributed by atoms with Crippen LogP contribution in [-0.2, 0) is 27.3 Å². The largest absolute Gasteiger partial charge is 0.449 e. The number of carbonyl (C=O) groups excluding carboxylic acids is 2. The Morgan fingerprint density at radius 3 is 2.66 bits per heavy atom. The maximum atomic E-state index is 12.9. The van der Waals surface area contributed by atoms with Crippen molar-refractivity contribution in [1.82, 2.24) is 15.2 Å². The van der Waals surface area contributed by atoms with Crippen LogP contribution in [0.4, 0.5) is 9.18 Å². The molecule has 35 heavy (non-hydrogen) atoms. The third-order valence-corrected chi connectivity index (χ3v) is 6.43. The molecule has 186 valence electrons. The van der Waals surface area contributed by atoms with Crippen LogP contribution in [0.25, 0.3) is 10.9 Å². The molecule has 2 N–H and O–H groups in total. The van der Waals surface area contributed by atoms with Gasteiger partial charge in [0.15, 0.2) is 0 Å². The molecule has 0 atom stereocenters. The molecular weight excluding hydrogens is 449 g/mol. The normalized spacial score (nSPS) is 14.3. The van der Waals surface area contributed by atoms with E-state index < -0.39 is 0 Å². The highest BCUT2D eigenvalue weighted by Crippen LogP contribution is 2.21. The van der Waals surface area contributed by atoms with Gasteiger partial charge < -0.3 is 24.7 Å². The van der Waals surface area contributed by atoms with E-state index in [1.165, 1.54) is 12.1 Å². The van der Waals surface area contributed by atoms with Crippen molar-refractivity contribution in [2.24, 2.45) is 5.92 Å². The number of nitrogens with zero attached hydrogens (tertiary/aromatic N) is 1. The minimum absolute atomic E-state index is 0.0276. The summed E-state index contributed by atoms with van der Waals surface area (Å²) >= 11 is 0. The van der Waals surface area contributed by atoms with Gasteiger partial charge in [0.05, 0.1) is 13.2 Å². The van der Waals surface area contributed by atoms with E-state index in [4.69, 9.17) is 9.47 Å². The third-order valence-electron chi connectivity index (χ3n) is 6.43. The summed E-state index contributed by atoms with van der Waals surface area (Å²) in [5.41, 5.74) is 3.06. The molecule has 1 fully saturated rings. The first-order chi connectivity index (χ1) is 17.1. The summed E-state index contributed by atoms with van der Waals surface area (Å²) in [5.74, 6) is 0.00435. The third kappa shape index (κ3) is 7.29. The lowest BCUT2D eigenvalue weighted by molar-refractivity contribution is -0.126. The van der Waals surface area contributed by atoms with Crippen LogP contribution in [0.2, 0.25) is 0 Å². The van der Waals surface area contributed by atoms with Crippen molar-refractivity contribution in [3.8, 4) is 0 Å². The predicted octanol–water partition coefficient (Wildman–Crippen LogP) is 4.42. The number of nitrogens with one attached hydrogen (secondary N) is 2. The molecule has 0 unspecified atom stereocenters. The molecule has 2 aromatic carbocycles. The minimum atomic E-state index is -0.296. The van der Waals surface area contributed by atoms with Crippen LogP contribution in [0.1, 0.15) is 30.4 Å². The number of amides is 2. The van der Waals surface area contributed by atoms with Crippen molar-refractivity contribution < 1.29 is 23.5 Å². The van der Waals surface area contributed by atoms with Crippen LogP contribution in [0, 0.1) is 11.7 Å². The number of piperidine rings is 1. The van der Waals surface area contributed by atoms with Crippen LogP contribution < -0.4 is 5.32 Å². The van der Waals surface area contributed by atoms with Gasteiger partial charge in [0.2, 0.25) is 5.91 Å². The number of rotatable bonds is 10. The number of hydrogen-bond acceptors (Lipinski definition) is 4. The molecule has 1 aromatic heterocycles. The number of para-hydroxylation sites is 1. The van der Waals surface area contributed by atoms with Crippen molar-refractivity contribution >= 4 is 22.9 Å². The molecule has 3 aromatic rings. The molecule has 0 aliphatic carbocycles. The molecular formula is C27H32FN3O4. The lowest BCUT2D eigenvalue weighted by Crippen LogP contribution is -2.40. The Balaban J connectivity index is 1.06. The molecule has 8 heteroatoms. The number of ether oxygens (including phenoxy) is 2. The SMILES string of the molecule is O=C(COCc1ccc(F)cc1)NCCC1CCN(C(=O)OCCc2c[nH]c3ccccc23)CC1. The first-order valence-corrected chi connectivity index (χ1v) is 12.1. The molecule has 1 aliphatic heterocycles. The van der Waals surface area contributed by atoms with Gasteiger partial charge in [0.25, 0.3) is 0 Å². The number of halogens is 1. The average molecular weight is 482 g/mol. The number of likely N-dealkylation sites (tertiary alicyclic amines) is 1. The fourth-order valence-corrected chi connectivity index (χ4v) is 4.39. The van der Waals surface area contributed by atoms with E-state index in [9.17, 15) is 14.0 Å². The molecule has 7 nitrogen and oxygen atoms in total. The fraction of sp³-hybridized carbons (Fsp3) is 0.407. The maximum Gasteiger partial charge on any atom is 0.409 e. The number of H-pyrrole nitrogens is 1. The Morgan fingerprint density at radius 1 is 1.09 bits per heavy atom. The second kappa shape index (κ2) is 12.4. The van der Waals surface area contributed by atoms with E-state index in [-0.39, 0.29) is 31.0 Å².